The molecule has 0 aromatic heterocycles. The van der Waals surface area contributed by atoms with Crippen molar-refractivity contribution < 1.29 is 8.42 Å². The number of anilines is 1. The average Bonchev–Trinajstić information content (AvgIpc) is 2.46. The van der Waals surface area contributed by atoms with Crippen LogP contribution in [0.1, 0.15) is 46.5 Å². The van der Waals surface area contributed by atoms with Crippen LogP contribution in [0.5, 0.6) is 0 Å². The first kappa shape index (κ1) is 18.0. The first-order valence-corrected chi connectivity index (χ1v) is 9.07. The topological polar surface area (TPSA) is 58.2 Å². The highest BCUT2D eigenvalue weighted by atomic mass is 32.2. The quantitative estimate of drug-likeness (QED) is 0.685. The summed E-state index contributed by atoms with van der Waals surface area (Å²) in [4.78, 5) is 0.303. The SMILES string of the molecule is CCCCCC(C)(C)CNc1ccccc1S(=O)(=O)NC. The van der Waals surface area contributed by atoms with Gasteiger partial charge in [-0.3, -0.25) is 0 Å². The van der Waals surface area contributed by atoms with Gasteiger partial charge in [0.25, 0.3) is 0 Å². The minimum atomic E-state index is -3.43. The molecule has 1 aromatic rings. The molecule has 4 nitrogen and oxygen atoms in total. The highest BCUT2D eigenvalue weighted by molar-refractivity contribution is 7.89. The lowest BCUT2D eigenvalue weighted by Crippen LogP contribution is -2.25. The molecule has 1 rings (SSSR count). The third kappa shape index (κ3) is 5.67. The number of benzene rings is 1. The molecule has 0 aliphatic heterocycles. The zero-order valence-corrected chi connectivity index (χ0v) is 14.4. The third-order valence-corrected chi connectivity index (χ3v) is 5.13. The standard InChI is InChI=1S/C16H28N2O2S/c1-5-6-9-12-16(2,3)13-18-14-10-7-8-11-15(14)21(19,20)17-4/h7-8,10-11,17-18H,5-6,9,12-13H2,1-4H3. The second kappa shape index (κ2) is 7.80. The summed E-state index contributed by atoms with van der Waals surface area (Å²) in [6.07, 6.45) is 4.80. The van der Waals surface area contributed by atoms with E-state index < -0.39 is 10.0 Å². The molecule has 0 aliphatic carbocycles. The Balaban J connectivity index is 2.76. The molecular weight excluding hydrogens is 284 g/mol. The number of rotatable bonds is 9. The molecule has 0 saturated heterocycles. The fraction of sp³-hybridized carbons (Fsp3) is 0.625. The maximum atomic E-state index is 12.0. The van der Waals surface area contributed by atoms with Crippen molar-refractivity contribution in [3.8, 4) is 0 Å². The van der Waals surface area contributed by atoms with Gasteiger partial charge in [-0.1, -0.05) is 52.2 Å². The highest BCUT2D eigenvalue weighted by Gasteiger charge is 2.20. The highest BCUT2D eigenvalue weighted by Crippen LogP contribution is 2.26. The van der Waals surface area contributed by atoms with Crippen LogP contribution in [0.25, 0.3) is 0 Å². The Bertz CT molecular complexity index is 539. The maximum absolute atomic E-state index is 12.0. The summed E-state index contributed by atoms with van der Waals surface area (Å²) in [5.74, 6) is 0. The van der Waals surface area contributed by atoms with E-state index in [1.54, 1.807) is 12.1 Å². The van der Waals surface area contributed by atoms with Crippen molar-refractivity contribution in [3.63, 3.8) is 0 Å². The van der Waals surface area contributed by atoms with Gasteiger partial charge >= 0.3 is 0 Å². The number of nitrogens with one attached hydrogen (secondary N) is 2. The molecule has 1 aromatic carbocycles. The molecule has 21 heavy (non-hydrogen) atoms. The van der Waals surface area contributed by atoms with Gasteiger partial charge in [0.1, 0.15) is 4.90 Å². The van der Waals surface area contributed by atoms with Crippen LogP contribution in [0, 0.1) is 5.41 Å². The van der Waals surface area contributed by atoms with E-state index in [1.807, 2.05) is 12.1 Å². The lowest BCUT2D eigenvalue weighted by molar-refractivity contribution is 0.342. The van der Waals surface area contributed by atoms with Crippen molar-refractivity contribution in [1.82, 2.24) is 4.72 Å². The van der Waals surface area contributed by atoms with E-state index in [0.29, 0.717) is 10.6 Å². The molecule has 0 atom stereocenters. The van der Waals surface area contributed by atoms with Crippen molar-refractivity contribution >= 4 is 15.7 Å². The Labute approximate surface area is 129 Å². The molecule has 0 bridgehead atoms. The van der Waals surface area contributed by atoms with Gasteiger partial charge in [-0.05, 0) is 31.0 Å². The van der Waals surface area contributed by atoms with Crippen molar-refractivity contribution in [1.29, 1.82) is 0 Å². The summed E-state index contributed by atoms with van der Waals surface area (Å²) in [5.41, 5.74) is 0.807. The third-order valence-electron chi connectivity index (χ3n) is 3.66. The molecule has 0 fully saturated rings. The predicted molar refractivity (Wildman–Crippen MR) is 89.1 cm³/mol. The molecule has 2 N–H and O–H groups in total. The molecule has 0 heterocycles. The van der Waals surface area contributed by atoms with E-state index in [4.69, 9.17) is 0 Å². The van der Waals surface area contributed by atoms with E-state index in [9.17, 15) is 8.42 Å². The summed E-state index contributed by atoms with van der Waals surface area (Å²) >= 11 is 0. The van der Waals surface area contributed by atoms with Gasteiger partial charge in [0.05, 0.1) is 5.69 Å². The number of unbranched alkanes of at least 4 members (excludes halogenated alkanes) is 2. The number of para-hydroxylation sites is 1. The minimum absolute atomic E-state index is 0.145. The number of sulfonamides is 1. The zero-order chi connectivity index (χ0) is 15.9. The maximum Gasteiger partial charge on any atom is 0.242 e. The van der Waals surface area contributed by atoms with Crippen molar-refractivity contribution in [3.05, 3.63) is 24.3 Å². The smallest absolute Gasteiger partial charge is 0.242 e. The van der Waals surface area contributed by atoms with E-state index >= 15 is 0 Å². The molecule has 5 heteroatoms. The Morgan fingerprint density at radius 3 is 2.43 bits per heavy atom. The van der Waals surface area contributed by atoms with Crippen molar-refractivity contribution in [2.75, 3.05) is 18.9 Å². The Morgan fingerprint density at radius 2 is 1.81 bits per heavy atom. The van der Waals surface area contributed by atoms with Gasteiger partial charge in [0.15, 0.2) is 0 Å². The summed E-state index contributed by atoms with van der Waals surface area (Å²) < 4.78 is 26.4. The Kier molecular flexibility index (Phi) is 6.68. The molecule has 0 saturated carbocycles. The summed E-state index contributed by atoms with van der Waals surface area (Å²) in [7, 11) is -2.00. The Hall–Kier alpha value is -1.07. The van der Waals surface area contributed by atoms with E-state index in [1.165, 1.54) is 26.3 Å². The van der Waals surface area contributed by atoms with Gasteiger partial charge in [0, 0.05) is 6.54 Å². The normalized spacial score (nSPS) is 12.4. The van der Waals surface area contributed by atoms with Crippen LogP contribution in [0.2, 0.25) is 0 Å². The van der Waals surface area contributed by atoms with E-state index in [0.717, 1.165) is 13.0 Å². The van der Waals surface area contributed by atoms with E-state index in [2.05, 4.69) is 30.8 Å². The fourth-order valence-electron chi connectivity index (χ4n) is 2.23. The average molecular weight is 312 g/mol. The largest absolute Gasteiger partial charge is 0.383 e. The number of hydrogen-bond acceptors (Lipinski definition) is 3. The van der Waals surface area contributed by atoms with Crippen LogP contribution < -0.4 is 10.0 Å². The van der Waals surface area contributed by atoms with Gasteiger partial charge in [-0.2, -0.15) is 0 Å². The Morgan fingerprint density at radius 1 is 1.14 bits per heavy atom. The van der Waals surface area contributed by atoms with Crippen LogP contribution in [-0.2, 0) is 10.0 Å². The molecule has 0 radical (unpaired) electrons. The van der Waals surface area contributed by atoms with Crippen LogP contribution in [0.4, 0.5) is 5.69 Å². The van der Waals surface area contributed by atoms with Gasteiger partial charge in [-0.25, -0.2) is 13.1 Å². The first-order valence-electron chi connectivity index (χ1n) is 7.59. The lowest BCUT2D eigenvalue weighted by atomic mass is 9.87. The van der Waals surface area contributed by atoms with Crippen LogP contribution in [0.15, 0.2) is 29.2 Å². The summed E-state index contributed by atoms with van der Waals surface area (Å²) in [5, 5.41) is 3.30. The van der Waals surface area contributed by atoms with Crippen LogP contribution >= 0.6 is 0 Å². The van der Waals surface area contributed by atoms with Crippen molar-refractivity contribution in [2.24, 2.45) is 5.41 Å². The predicted octanol–water partition coefficient (Wildman–Crippen LogP) is 3.61. The first-order chi connectivity index (χ1) is 9.82. The van der Waals surface area contributed by atoms with Crippen molar-refractivity contribution in [2.45, 2.75) is 51.3 Å². The second-order valence-electron chi connectivity index (χ2n) is 6.18. The second-order valence-corrected chi connectivity index (χ2v) is 8.03. The molecule has 0 spiro atoms. The molecule has 0 aliphatic rings. The molecule has 0 amide bonds. The monoisotopic (exact) mass is 312 g/mol. The molecule has 120 valence electrons. The van der Waals surface area contributed by atoms with E-state index in [-0.39, 0.29) is 5.41 Å². The van der Waals surface area contributed by atoms with Gasteiger partial charge in [0.2, 0.25) is 10.0 Å². The summed E-state index contributed by atoms with van der Waals surface area (Å²) in [6.45, 7) is 7.38. The molecular formula is C16H28N2O2S. The van der Waals surface area contributed by atoms with Gasteiger partial charge in [-0.15, -0.1) is 0 Å². The number of hydrogen-bond donors (Lipinski definition) is 2. The minimum Gasteiger partial charge on any atom is -0.383 e. The zero-order valence-electron chi connectivity index (χ0n) is 13.6. The lowest BCUT2D eigenvalue weighted by Gasteiger charge is -2.26. The van der Waals surface area contributed by atoms with Gasteiger partial charge < -0.3 is 5.32 Å². The fourth-order valence-corrected chi connectivity index (χ4v) is 3.14. The van der Waals surface area contributed by atoms with Crippen LogP contribution in [-0.4, -0.2) is 22.0 Å². The van der Waals surface area contributed by atoms with Crippen LogP contribution in [0.3, 0.4) is 0 Å². The summed E-state index contributed by atoms with van der Waals surface area (Å²) in [6, 6.07) is 7.02. The molecule has 0 unspecified atom stereocenters.